The van der Waals surface area contributed by atoms with Gasteiger partial charge in [-0.15, -0.1) is 13.2 Å². The molecule has 0 aliphatic rings. The Balaban J connectivity index is 3.88. The molecule has 0 atom stereocenters. The molecule has 0 unspecified atom stereocenters. The molecule has 0 N–H and O–H groups in total. The van der Waals surface area contributed by atoms with Crippen LogP contribution in [0.25, 0.3) is 0 Å². The molecule has 0 rings (SSSR count). The molecule has 44 valence electrons. The van der Waals surface area contributed by atoms with Crippen LogP contribution in [0, 0.1) is 5.92 Å². The van der Waals surface area contributed by atoms with Crippen molar-refractivity contribution in [2.45, 2.75) is 6.92 Å². The molecule has 0 bridgehead atoms. The van der Waals surface area contributed by atoms with E-state index in [9.17, 15) is 4.79 Å². The van der Waals surface area contributed by atoms with E-state index in [2.05, 4.69) is 13.2 Å². The van der Waals surface area contributed by atoms with Gasteiger partial charge in [-0.05, 0) is 6.92 Å². The SMILES string of the molecule is C=CC(C=C)C(C)=O. The van der Waals surface area contributed by atoms with Crippen LogP contribution in [0.1, 0.15) is 6.92 Å². The molecule has 0 aliphatic heterocycles. The standard InChI is InChI=1S/C7H10O/c1-4-7(5-2)6(3)8/h4-5,7H,1-2H2,3H3. The smallest absolute Gasteiger partial charge is 0.140 e. The summed E-state index contributed by atoms with van der Waals surface area (Å²) in [5.41, 5.74) is 0. The monoisotopic (exact) mass is 110 g/mol. The van der Waals surface area contributed by atoms with Crippen LogP contribution in [-0.4, -0.2) is 5.78 Å². The van der Waals surface area contributed by atoms with Crippen LogP contribution in [0.15, 0.2) is 25.3 Å². The average molecular weight is 110 g/mol. The maximum Gasteiger partial charge on any atom is 0.140 e. The molecule has 0 aromatic rings. The van der Waals surface area contributed by atoms with Gasteiger partial charge in [0.2, 0.25) is 0 Å². The fourth-order valence-electron chi connectivity index (χ4n) is 0.428. The largest absolute Gasteiger partial charge is 0.299 e. The highest BCUT2D eigenvalue weighted by molar-refractivity contribution is 5.81. The lowest BCUT2D eigenvalue weighted by Crippen LogP contribution is -2.02. The zero-order valence-electron chi connectivity index (χ0n) is 5.05. The number of rotatable bonds is 3. The number of hydrogen-bond acceptors (Lipinski definition) is 1. The van der Waals surface area contributed by atoms with Crippen molar-refractivity contribution in [2.24, 2.45) is 5.92 Å². The second-order valence-electron chi connectivity index (χ2n) is 1.61. The summed E-state index contributed by atoms with van der Waals surface area (Å²) >= 11 is 0. The molecule has 1 nitrogen and oxygen atoms in total. The number of carbonyl (C=O) groups excluding carboxylic acids is 1. The molecule has 0 spiro atoms. The number of ketones is 1. The lowest BCUT2D eigenvalue weighted by Gasteiger charge is -1.96. The van der Waals surface area contributed by atoms with E-state index in [0.29, 0.717) is 0 Å². The van der Waals surface area contributed by atoms with Crippen LogP contribution in [0.3, 0.4) is 0 Å². The Morgan fingerprint density at radius 1 is 1.50 bits per heavy atom. The fourth-order valence-corrected chi connectivity index (χ4v) is 0.428. The van der Waals surface area contributed by atoms with Gasteiger partial charge in [-0.25, -0.2) is 0 Å². The van der Waals surface area contributed by atoms with E-state index in [4.69, 9.17) is 0 Å². The van der Waals surface area contributed by atoms with Crippen LogP contribution >= 0.6 is 0 Å². The minimum absolute atomic E-state index is 0.0926. The van der Waals surface area contributed by atoms with Gasteiger partial charge < -0.3 is 0 Å². The lowest BCUT2D eigenvalue weighted by atomic mass is 10.1. The quantitative estimate of drug-likeness (QED) is 0.504. The Hall–Kier alpha value is -0.850. The van der Waals surface area contributed by atoms with E-state index in [1.165, 1.54) is 6.92 Å². The van der Waals surface area contributed by atoms with Gasteiger partial charge in [0, 0.05) is 0 Å². The molecule has 8 heavy (non-hydrogen) atoms. The Bertz CT molecular complexity index is 106. The molecule has 0 heterocycles. The number of Topliss-reactive ketones (excluding diaryl/α,β-unsaturated/α-hetero) is 1. The first kappa shape index (κ1) is 7.15. The molecule has 0 aromatic carbocycles. The first-order chi connectivity index (χ1) is 3.72. The van der Waals surface area contributed by atoms with Crippen molar-refractivity contribution in [3.8, 4) is 0 Å². The van der Waals surface area contributed by atoms with Crippen LogP contribution in [0.5, 0.6) is 0 Å². The van der Waals surface area contributed by atoms with Gasteiger partial charge in [0.1, 0.15) is 5.78 Å². The predicted octanol–water partition coefficient (Wildman–Crippen LogP) is 1.56. The maximum atomic E-state index is 10.5. The first-order valence-corrected chi connectivity index (χ1v) is 2.48. The van der Waals surface area contributed by atoms with Gasteiger partial charge in [0.25, 0.3) is 0 Å². The second kappa shape index (κ2) is 3.19. The number of hydrogen-bond donors (Lipinski definition) is 0. The molecule has 0 aromatic heterocycles. The van der Waals surface area contributed by atoms with Crippen molar-refractivity contribution in [1.82, 2.24) is 0 Å². The van der Waals surface area contributed by atoms with Gasteiger partial charge in [-0.1, -0.05) is 12.2 Å². The van der Waals surface area contributed by atoms with E-state index in [1.54, 1.807) is 12.2 Å². The zero-order valence-corrected chi connectivity index (χ0v) is 5.05. The number of carbonyl (C=O) groups is 1. The summed E-state index contributed by atoms with van der Waals surface area (Å²) in [5, 5.41) is 0. The van der Waals surface area contributed by atoms with Gasteiger partial charge >= 0.3 is 0 Å². The van der Waals surface area contributed by atoms with Crippen molar-refractivity contribution in [3.63, 3.8) is 0 Å². The highest BCUT2D eigenvalue weighted by atomic mass is 16.1. The van der Waals surface area contributed by atoms with Gasteiger partial charge in [-0.3, -0.25) is 4.79 Å². The maximum absolute atomic E-state index is 10.5. The Morgan fingerprint density at radius 3 is 1.88 bits per heavy atom. The first-order valence-electron chi connectivity index (χ1n) is 2.48. The molecule has 0 amide bonds. The molecule has 0 radical (unpaired) electrons. The average Bonchev–Trinajstić information content (AvgIpc) is 1.69. The zero-order chi connectivity index (χ0) is 6.57. The third-order valence-electron chi connectivity index (χ3n) is 0.977. The molecular formula is C7H10O. The molecule has 0 aliphatic carbocycles. The molecular weight excluding hydrogens is 100 g/mol. The highest BCUT2D eigenvalue weighted by Crippen LogP contribution is 1.98. The third-order valence-corrected chi connectivity index (χ3v) is 0.977. The molecule has 0 saturated heterocycles. The molecule has 1 heteroatoms. The van der Waals surface area contributed by atoms with E-state index in [0.717, 1.165) is 0 Å². The van der Waals surface area contributed by atoms with Crippen LogP contribution in [-0.2, 0) is 4.79 Å². The lowest BCUT2D eigenvalue weighted by molar-refractivity contribution is -0.118. The Morgan fingerprint density at radius 2 is 1.88 bits per heavy atom. The van der Waals surface area contributed by atoms with Crippen molar-refractivity contribution in [1.29, 1.82) is 0 Å². The Kier molecular flexibility index (Phi) is 2.85. The summed E-state index contributed by atoms with van der Waals surface area (Å²) < 4.78 is 0. The third kappa shape index (κ3) is 1.73. The van der Waals surface area contributed by atoms with Gasteiger partial charge in [0.15, 0.2) is 0 Å². The normalized spacial score (nSPS) is 8.75. The summed E-state index contributed by atoms with van der Waals surface area (Å²) in [4.78, 5) is 10.5. The van der Waals surface area contributed by atoms with E-state index in [-0.39, 0.29) is 11.7 Å². The predicted molar refractivity (Wildman–Crippen MR) is 34.6 cm³/mol. The molecule has 0 saturated carbocycles. The van der Waals surface area contributed by atoms with Crippen LogP contribution in [0.2, 0.25) is 0 Å². The minimum atomic E-state index is -0.157. The topological polar surface area (TPSA) is 17.1 Å². The van der Waals surface area contributed by atoms with E-state index in [1.807, 2.05) is 0 Å². The number of allylic oxidation sites excluding steroid dienone is 2. The highest BCUT2D eigenvalue weighted by Gasteiger charge is 2.01. The van der Waals surface area contributed by atoms with Gasteiger partial charge in [-0.2, -0.15) is 0 Å². The van der Waals surface area contributed by atoms with Crippen molar-refractivity contribution < 1.29 is 4.79 Å². The van der Waals surface area contributed by atoms with Crippen LogP contribution < -0.4 is 0 Å². The van der Waals surface area contributed by atoms with Crippen molar-refractivity contribution in [2.75, 3.05) is 0 Å². The van der Waals surface area contributed by atoms with E-state index >= 15 is 0 Å². The van der Waals surface area contributed by atoms with Gasteiger partial charge in [0.05, 0.1) is 5.92 Å². The summed E-state index contributed by atoms with van der Waals surface area (Å²) in [6, 6.07) is 0. The summed E-state index contributed by atoms with van der Waals surface area (Å²) in [7, 11) is 0. The minimum Gasteiger partial charge on any atom is -0.299 e. The second-order valence-corrected chi connectivity index (χ2v) is 1.61. The summed E-state index contributed by atoms with van der Waals surface area (Å²) in [6.45, 7) is 8.44. The summed E-state index contributed by atoms with van der Waals surface area (Å²) in [6.07, 6.45) is 3.16. The van der Waals surface area contributed by atoms with Crippen molar-refractivity contribution >= 4 is 5.78 Å². The fraction of sp³-hybridized carbons (Fsp3) is 0.286. The van der Waals surface area contributed by atoms with Crippen LogP contribution in [0.4, 0.5) is 0 Å². The Labute approximate surface area is 49.7 Å². The summed E-state index contributed by atoms with van der Waals surface area (Å²) in [5.74, 6) is -0.0648. The van der Waals surface area contributed by atoms with Crippen molar-refractivity contribution in [3.05, 3.63) is 25.3 Å². The molecule has 0 fully saturated rings. The van der Waals surface area contributed by atoms with E-state index < -0.39 is 0 Å².